The zero-order valence-electron chi connectivity index (χ0n) is 11.2. The van der Waals surface area contributed by atoms with Crippen molar-refractivity contribution in [3.8, 4) is 0 Å². The Morgan fingerprint density at radius 1 is 1.50 bits per heavy atom. The number of hydrogen-bond acceptors (Lipinski definition) is 2. The van der Waals surface area contributed by atoms with Gasteiger partial charge in [0.2, 0.25) is 0 Å². The molecular formula is C14H15BrFIN2O. The van der Waals surface area contributed by atoms with Crippen LogP contribution in [0.15, 0.2) is 22.7 Å². The summed E-state index contributed by atoms with van der Waals surface area (Å²) >= 11 is 5.58. The van der Waals surface area contributed by atoms with E-state index >= 15 is 0 Å². The lowest BCUT2D eigenvalue weighted by molar-refractivity contribution is 0.174. The first kappa shape index (κ1) is 15.9. The lowest BCUT2D eigenvalue weighted by Gasteiger charge is -2.13. The maximum absolute atomic E-state index is 13.1. The summed E-state index contributed by atoms with van der Waals surface area (Å²) in [4.78, 5) is 0. The van der Waals surface area contributed by atoms with Gasteiger partial charge in [-0.1, -0.05) is 13.0 Å². The van der Waals surface area contributed by atoms with Gasteiger partial charge in [-0.25, -0.2) is 4.39 Å². The van der Waals surface area contributed by atoms with Crippen LogP contribution in [0.1, 0.15) is 30.0 Å². The highest BCUT2D eigenvalue weighted by atomic mass is 127. The highest BCUT2D eigenvalue weighted by molar-refractivity contribution is 14.1. The molecule has 0 fully saturated rings. The van der Waals surface area contributed by atoms with Crippen molar-refractivity contribution in [3.05, 3.63) is 49.0 Å². The summed E-state index contributed by atoms with van der Waals surface area (Å²) in [5, 5.41) is 14.8. The Labute approximate surface area is 139 Å². The molecule has 1 aromatic heterocycles. The Kier molecular flexibility index (Phi) is 5.19. The van der Waals surface area contributed by atoms with Crippen LogP contribution < -0.4 is 0 Å². The van der Waals surface area contributed by atoms with Crippen molar-refractivity contribution in [2.45, 2.75) is 25.9 Å². The third-order valence-electron chi connectivity index (χ3n) is 3.21. The van der Waals surface area contributed by atoms with Crippen LogP contribution in [0.2, 0.25) is 0 Å². The molecule has 0 aliphatic carbocycles. The van der Waals surface area contributed by atoms with Crippen LogP contribution in [0.5, 0.6) is 0 Å². The van der Waals surface area contributed by atoms with E-state index in [1.165, 1.54) is 12.1 Å². The quantitative estimate of drug-likeness (QED) is 0.717. The monoisotopic (exact) mass is 452 g/mol. The first-order valence-electron chi connectivity index (χ1n) is 6.27. The number of benzene rings is 1. The fraction of sp³-hybridized carbons (Fsp3) is 0.357. The summed E-state index contributed by atoms with van der Waals surface area (Å²) in [5.74, 6) is -0.291. The second-order valence-corrected chi connectivity index (χ2v) is 6.53. The zero-order valence-corrected chi connectivity index (χ0v) is 14.9. The molecule has 0 bridgehead atoms. The Balaban J connectivity index is 2.27. The molecule has 1 aromatic carbocycles. The van der Waals surface area contributed by atoms with Crippen molar-refractivity contribution < 1.29 is 9.50 Å². The van der Waals surface area contributed by atoms with Gasteiger partial charge in [0, 0.05) is 17.0 Å². The van der Waals surface area contributed by atoms with E-state index in [0.29, 0.717) is 6.42 Å². The second kappa shape index (κ2) is 6.53. The van der Waals surface area contributed by atoms with Gasteiger partial charge in [-0.15, -0.1) is 0 Å². The normalized spacial score (nSPS) is 12.7. The average molecular weight is 453 g/mol. The third-order valence-corrected chi connectivity index (χ3v) is 5.06. The molecular weight excluding hydrogens is 438 g/mol. The summed E-state index contributed by atoms with van der Waals surface area (Å²) in [6.07, 6.45) is 0.587. The van der Waals surface area contributed by atoms with Gasteiger partial charge in [0.1, 0.15) is 5.82 Å². The number of hydrogen-bond donors (Lipinski definition) is 1. The molecule has 1 N–H and O–H groups in total. The molecule has 1 heterocycles. The lowest BCUT2D eigenvalue weighted by Crippen LogP contribution is -2.08. The molecule has 0 spiro atoms. The second-order valence-electron chi connectivity index (χ2n) is 4.57. The molecule has 0 radical (unpaired) electrons. The van der Waals surface area contributed by atoms with E-state index in [-0.39, 0.29) is 5.82 Å². The van der Waals surface area contributed by atoms with E-state index < -0.39 is 6.10 Å². The molecule has 3 nitrogen and oxygen atoms in total. The lowest BCUT2D eigenvalue weighted by atomic mass is 10.0. The minimum Gasteiger partial charge on any atom is -0.388 e. The van der Waals surface area contributed by atoms with Gasteiger partial charge < -0.3 is 5.11 Å². The summed E-state index contributed by atoms with van der Waals surface area (Å²) < 4.78 is 16.6. The standard InChI is InChI=1S/C14H15BrFIN2O/c1-3-11-14(15)12(19(2)18-11)7-13(20)9-5-4-8(16)6-10(9)17/h4-6,13,20H,3,7H2,1-2H3. The zero-order chi connectivity index (χ0) is 14.9. The summed E-state index contributed by atoms with van der Waals surface area (Å²) in [6, 6.07) is 4.43. The summed E-state index contributed by atoms with van der Waals surface area (Å²) in [5.41, 5.74) is 2.65. The van der Waals surface area contributed by atoms with Gasteiger partial charge in [-0.2, -0.15) is 5.10 Å². The van der Waals surface area contributed by atoms with Crippen molar-refractivity contribution >= 4 is 38.5 Å². The minimum absolute atomic E-state index is 0.291. The Morgan fingerprint density at radius 3 is 2.75 bits per heavy atom. The van der Waals surface area contributed by atoms with Crippen molar-refractivity contribution in [2.24, 2.45) is 7.05 Å². The number of aliphatic hydroxyl groups excluding tert-OH is 1. The molecule has 2 aromatic rings. The van der Waals surface area contributed by atoms with Crippen LogP contribution in [0.25, 0.3) is 0 Å². The number of aryl methyl sites for hydroxylation is 2. The SMILES string of the molecule is CCc1nn(C)c(CC(O)c2ccc(F)cc2I)c1Br. The highest BCUT2D eigenvalue weighted by Crippen LogP contribution is 2.28. The van der Waals surface area contributed by atoms with Gasteiger partial charge >= 0.3 is 0 Å². The van der Waals surface area contributed by atoms with E-state index in [1.54, 1.807) is 10.7 Å². The number of rotatable bonds is 4. The molecule has 6 heteroatoms. The molecule has 1 atom stereocenters. The summed E-state index contributed by atoms with van der Waals surface area (Å²) in [6.45, 7) is 2.04. The van der Waals surface area contributed by atoms with Crippen LogP contribution in [-0.2, 0) is 19.9 Å². The van der Waals surface area contributed by atoms with E-state index in [4.69, 9.17) is 0 Å². The van der Waals surface area contributed by atoms with Gasteiger partial charge in [0.15, 0.2) is 0 Å². The Morgan fingerprint density at radius 2 is 2.20 bits per heavy atom. The van der Waals surface area contributed by atoms with Gasteiger partial charge in [-0.3, -0.25) is 4.68 Å². The number of halogens is 3. The molecule has 0 saturated heterocycles. The Hall–Kier alpha value is -0.470. The van der Waals surface area contributed by atoms with Gasteiger partial charge in [-0.05, 0) is 62.6 Å². The first-order chi connectivity index (χ1) is 9.43. The van der Waals surface area contributed by atoms with Gasteiger partial charge in [0.05, 0.1) is 22.0 Å². The molecule has 20 heavy (non-hydrogen) atoms. The number of aromatic nitrogens is 2. The fourth-order valence-electron chi connectivity index (χ4n) is 2.11. The molecule has 108 valence electrons. The van der Waals surface area contributed by atoms with E-state index in [0.717, 1.165) is 31.4 Å². The number of nitrogens with zero attached hydrogens (tertiary/aromatic N) is 2. The maximum atomic E-state index is 13.1. The molecule has 0 aliphatic heterocycles. The summed E-state index contributed by atoms with van der Waals surface area (Å²) in [7, 11) is 1.86. The van der Waals surface area contributed by atoms with Crippen LogP contribution in [0, 0.1) is 9.39 Å². The number of aliphatic hydroxyl groups is 1. The molecule has 1 unspecified atom stereocenters. The largest absolute Gasteiger partial charge is 0.388 e. The Bertz CT molecular complexity index is 630. The average Bonchev–Trinajstić information content (AvgIpc) is 2.66. The minimum atomic E-state index is -0.682. The van der Waals surface area contributed by atoms with E-state index in [1.807, 2.05) is 36.6 Å². The van der Waals surface area contributed by atoms with Crippen LogP contribution in [0.4, 0.5) is 4.39 Å². The predicted molar refractivity (Wildman–Crippen MR) is 88.1 cm³/mol. The highest BCUT2D eigenvalue weighted by Gasteiger charge is 2.19. The third kappa shape index (κ3) is 3.23. The molecule has 0 amide bonds. The van der Waals surface area contributed by atoms with Crippen molar-refractivity contribution in [1.29, 1.82) is 0 Å². The van der Waals surface area contributed by atoms with Crippen LogP contribution in [-0.4, -0.2) is 14.9 Å². The van der Waals surface area contributed by atoms with Crippen molar-refractivity contribution in [1.82, 2.24) is 9.78 Å². The van der Waals surface area contributed by atoms with Crippen molar-refractivity contribution in [2.75, 3.05) is 0 Å². The fourth-order valence-corrected chi connectivity index (χ4v) is 3.72. The maximum Gasteiger partial charge on any atom is 0.124 e. The molecule has 0 aliphatic rings. The predicted octanol–water partition coefficient (Wildman–Crippen LogP) is 3.76. The van der Waals surface area contributed by atoms with E-state index in [9.17, 15) is 9.50 Å². The van der Waals surface area contributed by atoms with E-state index in [2.05, 4.69) is 21.0 Å². The van der Waals surface area contributed by atoms with Gasteiger partial charge in [0.25, 0.3) is 0 Å². The first-order valence-corrected chi connectivity index (χ1v) is 8.14. The molecule has 2 rings (SSSR count). The van der Waals surface area contributed by atoms with Crippen molar-refractivity contribution in [3.63, 3.8) is 0 Å². The molecule has 0 saturated carbocycles. The smallest absolute Gasteiger partial charge is 0.124 e. The van der Waals surface area contributed by atoms with Crippen LogP contribution >= 0.6 is 38.5 Å². The van der Waals surface area contributed by atoms with Crippen LogP contribution in [0.3, 0.4) is 0 Å². The topological polar surface area (TPSA) is 38.0 Å².